The van der Waals surface area contributed by atoms with Crippen LogP contribution in [0.3, 0.4) is 0 Å². The lowest BCUT2D eigenvalue weighted by Crippen LogP contribution is -2.51. The molecule has 2 amide bonds. The van der Waals surface area contributed by atoms with Crippen LogP contribution in [0, 0.1) is 16.7 Å². The van der Waals surface area contributed by atoms with Crippen LogP contribution in [-0.2, 0) is 21.1 Å². The van der Waals surface area contributed by atoms with Crippen molar-refractivity contribution < 1.29 is 29.0 Å². The average molecular weight is 632 g/mol. The smallest absolute Gasteiger partial charge is 0.290 e. The van der Waals surface area contributed by atoms with Crippen LogP contribution < -0.4 is 5.32 Å². The lowest BCUT2D eigenvalue weighted by Gasteiger charge is -2.43. The third-order valence-electron chi connectivity index (χ3n) is 7.81. The standard InChI is InChI=1S/C31H47FN2O.C4H9NO2.CH2O2/c1-8-24-14-16-27(17-15-24)34(30(35)29(33)26-11-9-10-25(20-26)21-32)28(18-19-31(5,6)7)23(4)13-12-22(2)3;1-4(7)2-5-3-6;2-1-3/h9-13,20,24,27-28,33H,8,14-19,21H2,1-7H3;3-4,7H,2H2,1H3,(H,5,6);1H,(H,2,3)/b23-13+,33-29?;;/t;4-;/m.1./s1. The van der Waals surface area contributed by atoms with Gasteiger partial charge in [-0.25, -0.2) is 4.39 Å². The number of amides is 2. The summed E-state index contributed by atoms with van der Waals surface area (Å²) < 4.78 is 13.3. The Balaban J connectivity index is 0.00000167. The second kappa shape index (κ2) is 22.2. The number of aliphatic hydroxyl groups excluding tert-OH is 1. The van der Waals surface area contributed by atoms with E-state index >= 15 is 0 Å². The topological polar surface area (TPSA) is 131 Å². The Labute approximate surface area is 270 Å². The summed E-state index contributed by atoms with van der Waals surface area (Å²) in [6, 6.07) is 6.88. The van der Waals surface area contributed by atoms with Gasteiger partial charge in [0, 0.05) is 18.2 Å². The molecule has 0 radical (unpaired) electrons. The van der Waals surface area contributed by atoms with Gasteiger partial charge in [-0.15, -0.1) is 0 Å². The van der Waals surface area contributed by atoms with Crippen molar-refractivity contribution in [3.63, 3.8) is 0 Å². The number of alkyl halides is 1. The van der Waals surface area contributed by atoms with Crippen molar-refractivity contribution in [2.45, 2.75) is 125 Å². The molecule has 1 aliphatic rings. The van der Waals surface area contributed by atoms with Crippen LogP contribution in [0.5, 0.6) is 0 Å². The largest absolute Gasteiger partial charge is 0.483 e. The first kappa shape index (κ1) is 41.7. The molecule has 1 aromatic rings. The summed E-state index contributed by atoms with van der Waals surface area (Å²) in [6.07, 6.45) is 11.6. The lowest BCUT2D eigenvalue weighted by atomic mass is 9.81. The summed E-state index contributed by atoms with van der Waals surface area (Å²) in [7, 11) is 0. The Hall–Kier alpha value is -3.33. The van der Waals surface area contributed by atoms with Crippen molar-refractivity contribution >= 4 is 24.5 Å². The highest BCUT2D eigenvalue weighted by molar-refractivity contribution is 6.44. The number of hydrogen-bond acceptors (Lipinski definition) is 5. The van der Waals surface area contributed by atoms with E-state index in [1.807, 2.05) is 4.90 Å². The highest BCUT2D eigenvalue weighted by Crippen LogP contribution is 2.34. The molecular formula is C36H58FN3O5. The van der Waals surface area contributed by atoms with E-state index in [1.54, 1.807) is 31.2 Å². The van der Waals surface area contributed by atoms with Gasteiger partial charge in [0.15, 0.2) is 0 Å². The summed E-state index contributed by atoms with van der Waals surface area (Å²) in [4.78, 5) is 33.9. The van der Waals surface area contributed by atoms with Crippen LogP contribution in [0.2, 0.25) is 0 Å². The maximum absolute atomic E-state index is 14.1. The highest BCUT2D eigenvalue weighted by atomic mass is 19.1. The van der Waals surface area contributed by atoms with Crippen molar-refractivity contribution in [2.75, 3.05) is 6.54 Å². The van der Waals surface area contributed by atoms with Gasteiger partial charge in [-0.1, -0.05) is 75.6 Å². The minimum Gasteiger partial charge on any atom is -0.483 e. The second-order valence-corrected chi connectivity index (χ2v) is 13.3. The number of carbonyl (C=O) groups excluding carboxylic acids is 2. The zero-order valence-corrected chi connectivity index (χ0v) is 28.7. The van der Waals surface area contributed by atoms with E-state index in [0.29, 0.717) is 24.1 Å². The third kappa shape index (κ3) is 17.1. The minimum absolute atomic E-state index is 0.0336. The van der Waals surface area contributed by atoms with E-state index < -0.39 is 12.8 Å². The molecule has 0 spiro atoms. The number of nitrogens with zero attached hydrogens (tertiary/aromatic N) is 1. The molecule has 0 heterocycles. The maximum Gasteiger partial charge on any atom is 0.290 e. The van der Waals surface area contributed by atoms with Gasteiger partial charge in [0.25, 0.3) is 12.4 Å². The second-order valence-electron chi connectivity index (χ2n) is 13.3. The Bertz CT molecular complexity index is 1100. The molecule has 0 aliphatic heterocycles. The molecule has 0 saturated heterocycles. The number of benzene rings is 1. The quantitative estimate of drug-likeness (QED) is 0.104. The minimum atomic E-state index is -0.598. The number of rotatable bonds is 13. The van der Waals surface area contributed by atoms with Crippen molar-refractivity contribution in [3.05, 3.63) is 58.7 Å². The predicted molar refractivity (Wildman–Crippen MR) is 181 cm³/mol. The van der Waals surface area contributed by atoms with Gasteiger partial charge in [0.2, 0.25) is 6.41 Å². The number of halogens is 1. The molecule has 9 heteroatoms. The third-order valence-corrected chi connectivity index (χ3v) is 7.81. The molecule has 1 fully saturated rings. The van der Waals surface area contributed by atoms with E-state index in [-0.39, 0.29) is 35.6 Å². The molecule has 2 rings (SSSR count). The molecule has 0 bridgehead atoms. The summed E-state index contributed by atoms with van der Waals surface area (Å²) in [5.41, 5.74) is 3.49. The summed E-state index contributed by atoms with van der Waals surface area (Å²) in [5.74, 6) is 0.490. The van der Waals surface area contributed by atoms with Gasteiger partial charge in [0.05, 0.1) is 12.1 Å². The van der Waals surface area contributed by atoms with Gasteiger partial charge >= 0.3 is 0 Å². The zero-order valence-electron chi connectivity index (χ0n) is 28.7. The SMILES string of the molecule is CCC1CCC(N(C(=O)C(=N)c2cccc(CF)c2)C(CCC(C)(C)C)/C(C)=C/C=C(C)C)CC1.C[C@@H](O)CNC=O.O=CO. The van der Waals surface area contributed by atoms with Gasteiger partial charge in [0.1, 0.15) is 12.4 Å². The molecule has 254 valence electrons. The number of nitrogens with one attached hydrogen (secondary N) is 2. The average Bonchev–Trinajstić information content (AvgIpc) is 3.00. The van der Waals surface area contributed by atoms with Gasteiger partial charge in [-0.05, 0) is 89.2 Å². The summed E-state index contributed by atoms with van der Waals surface area (Å²) in [5, 5.41) is 26.5. The molecule has 1 aliphatic carbocycles. The number of hydrogen-bond donors (Lipinski definition) is 4. The van der Waals surface area contributed by atoms with Gasteiger partial charge < -0.3 is 20.4 Å². The van der Waals surface area contributed by atoms with E-state index in [1.165, 1.54) is 12.0 Å². The van der Waals surface area contributed by atoms with Crippen LogP contribution >= 0.6 is 0 Å². The first-order valence-corrected chi connectivity index (χ1v) is 16.0. The molecular weight excluding hydrogens is 573 g/mol. The highest BCUT2D eigenvalue weighted by Gasteiger charge is 2.36. The van der Waals surface area contributed by atoms with Gasteiger partial charge in [-0.2, -0.15) is 0 Å². The lowest BCUT2D eigenvalue weighted by molar-refractivity contribution is -0.129. The van der Waals surface area contributed by atoms with Crippen LogP contribution in [0.15, 0.2) is 47.6 Å². The van der Waals surface area contributed by atoms with E-state index in [9.17, 15) is 14.0 Å². The number of aliphatic hydroxyl groups is 1. The number of allylic oxidation sites excluding steroid dienone is 3. The molecule has 4 N–H and O–H groups in total. The van der Waals surface area contributed by atoms with Crippen LogP contribution in [0.4, 0.5) is 4.39 Å². The molecule has 2 atom stereocenters. The van der Waals surface area contributed by atoms with Crippen molar-refractivity contribution in [1.29, 1.82) is 5.41 Å². The monoisotopic (exact) mass is 631 g/mol. The first-order chi connectivity index (χ1) is 21.1. The molecule has 8 nitrogen and oxygen atoms in total. The zero-order chi connectivity index (χ0) is 34.6. The van der Waals surface area contributed by atoms with Crippen LogP contribution in [-0.4, -0.2) is 64.3 Å². The normalized spacial score (nSPS) is 17.6. The fraction of sp³-hybridized carbons (Fsp3) is 0.611. The molecule has 1 unspecified atom stereocenters. The fourth-order valence-corrected chi connectivity index (χ4v) is 5.24. The van der Waals surface area contributed by atoms with E-state index in [2.05, 4.69) is 65.9 Å². The molecule has 1 saturated carbocycles. The van der Waals surface area contributed by atoms with Gasteiger partial charge in [-0.3, -0.25) is 19.8 Å². The Morgan fingerprint density at radius 2 is 1.73 bits per heavy atom. The van der Waals surface area contributed by atoms with E-state index in [0.717, 1.165) is 50.0 Å². The Morgan fingerprint density at radius 3 is 2.18 bits per heavy atom. The molecule has 45 heavy (non-hydrogen) atoms. The van der Waals surface area contributed by atoms with Crippen molar-refractivity contribution in [3.8, 4) is 0 Å². The molecule has 0 aromatic heterocycles. The first-order valence-electron chi connectivity index (χ1n) is 16.0. The molecule has 1 aromatic carbocycles. The van der Waals surface area contributed by atoms with E-state index in [4.69, 9.17) is 20.4 Å². The Morgan fingerprint density at radius 1 is 1.13 bits per heavy atom. The fourth-order valence-electron chi connectivity index (χ4n) is 5.24. The van der Waals surface area contributed by atoms with Crippen molar-refractivity contribution in [1.82, 2.24) is 10.2 Å². The maximum atomic E-state index is 14.1. The van der Waals surface area contributed by atoms with Crippen LogP contribution in [0.25, 0.3) is 0 Å². The van der Waals surface area contributed by atoms with Crippen LogP contribution in [0.1, 0.15) is 111 Å². The number of carbonyl (C=O) groups is 3. The Kier molecular flexibility index (Phi) is 20.6. The number of carboxylic acid groups (broad SMARTS) is 1. The predicted octanol–water partition coefficient (Wildman–Crippen LogP) is 7.24. The van der Waals surface area contributed by atoms with Crippen molar-refractivity contribution in [2.24, 2.45) is 11.3 Å². The summed E-state index contributed by atoms with van der Waals surface area (Å²) >= 11 is 0. The summed E-state index contributed by atoms with van der Waals surface area (Å²) in [6.45, 7) is 16.3.